The van der Waals surface area contributed by atoms with Crippen molar-refractivity contribution in [3.05, 3.63) is 162 Å². The van der Waals surface area contributed by atoms with Crippen LogP contribution >= 0.6 is 18.9 Å². The highest BCUT2D eigenvalue weighted by Crippen LogP contribution is 2.55. The van der Waals surface area contributed by atoms with Crippen molar-refractivity contribution in [1.29, 1.82) is 0 Å². The molecular formula is C34H29ClN2P+. The Morgan fingerprint density at radius 2 is 0.921 bits per heavy atom. The van der Waals surface area contributed by atoms with Crippen LogP contribution < -0.4 is 15.9 Å². The molecule has 0 amide bonds. The topological polar surface area (TPSA) is 24.7 Å². The Morgan fingerprint density at radius 3 is 1.37 bits per heavy atom. The molecule has 5 aromatic carbocycles. The Hall–Kier alpha value is -3.84. The molecule has 0 heterocycles. The molecule has 0 spiro atoms. The quantitative estimate of drug-likeness (QED) is 0.112. The van der Waals surface area contributed by atoms with Gasteiger partial charge in [-0.05, 0) is 55.5 Å². The average Bonchev–Trinajstić information content (AvgIpc) is 2.99. The van der Waals surface area contributed by atoms with E-state index in [0.29, 0.717) is 5.02 Å². The van der Waals surface area contributed by atoms with Crippen molar-refractivity contribution < 1.29 is 0 Å². The van der Waals surface area contributed by atoms with Gasteiger partial charge >= 0.3 is 0 Å². The van der Waals surface area contributed by atoms with Gasteiger partial charge in [-0.3, -0.25) is 0 Å². The lowest BCUT2D eigenvalue weighted by atomic mass is 10.0. The number of hydrogen-bond acceptors (Lipinski definition) is 2. The van der Waals surface area contributed by atoms with E-state index in [1.807, 2.05) is 42.5 Å². The van der Waals surface area contributed by atoms with Crippen molar-refractivity contribution in [3.8, 4) is 0 Å². The van der Waals surface area contributed by atoms with Gasteiger partial charge in [-0.15, -0.1) is 5.10 Å². The van der Waals surface area contributed by atoms with E-state index >= 15 is 0 Å². The van der Waals surface area contributed by atoms with E-state index < -0.39 is 7.26 Å². The molecule has 0 bridgehead atoms. The summed E-state index contributed by atoms with van der Waals surface area (Å²) in [5.41, 5.74) is 3.80. The van der Waals surface area contributed by atoms with Crippen molar-refractivity contribution in [3.63, 3.8) is 0 Å². The molecule has 4 heteroatoms. The highest BCUT2D eigenvalue weighted by atomic mass is 35.5. The smallest absolute Gasteiger partial charge is 0.117 e. The molecule has 0 saturated heterocycles. The first-order chi connectivity index (χ1) is 18.7. The Bertz CT molecular complexity index is 1420. The molecule has 186 valence electrons. The maximum atomic E-state index is 6.17. The number of hydrogen-bond donors (Lipinski definition) is 0. The number of halogens is 1. The van der Waals surface area contributed by atoms with Gasteiger partial charge in [-0.25, -0.2) is 0 Å². The van der Waals surface area contributed by atoms with Gasteiger partial charge in [-0.1, -0.05) is 109 Å². The molecule has 0 aliphatic carbocycles. The van der Waals surface area contributed by atoms with Crippen molar-refractivity contribution in [2.75, 3.05) is 6.16 Å². The fourth-order valence-electron chi connectivity index (χ4n) is 4.76. The summed E-state index contributed by atoms with van der Waals surface area (Å²) >= 11 is 6.17. The van der Waals surface area contributed by atoms with E-state index in [0.717, 1.165) is 28.7 Å². The second-order valence-electron chi connectivity index (χ2n) is 9.13. The van der Waals surface area contributed by atoms with Crippen LogP contribution in [-0.4, -0.2) is 17.6 Å². The molecule has 38 heavy (non-hydrogen) atoms. The first-order valence-corrected chi connectivity index (χ1v) is 15.0. The molecule has 0 saturated carbocycles. The SMILES string of the molecule is C/C(C[P+](c1ccccc1)(c1ccccc1)c1ccccc1)=N/N=C(\c1ccccc1)c1ccc(Cl)cc1. The molecule has 0 radical (unpaired) electrons. The second kappa shape index (κ2) is 12.1. The van der Waals surface area contributed by atoms with Crippen LogP contribution in [0, 0.1) is 0 Å². The maximum Gasteiger partial charge on any atom is 0.117 e. The summed E-state index contributed by atoms with van der Waals surface area (Å²) in [6, 6.07) is 50.5. The number of nitrogens with zero attached hydrogens (tertiary/aromatic N) is 2. The zero-order valence-corrected chi connectivity index (χ0v) is 22.9. The molecule has 5 aromatic rings. The van der Waals surface area contributed by atoms with Gasteiger partial charge in [0.25, 0.3) is 0 Å². The highest BCUT2D eigenvalue weighted by molar-refractivity contribution is 7.96. The van der Waals surface area contributed by atoms with Crippen molar-refractivity contribution >= 4 is 46.2 Å². The highest BCUT2D eigenvalue weighted by Gasteiger charge is 2.45. The van der Waals surface area contributed by atoms with Gasteiger partial charge in [0.15, 0.2) is 0 Å². The van der Waals surface area contributed by atoms with Crippen LogP contribution in [0.1, 0.15) is 18.1 Å². The molecule has 0 unspecified atom stereocenters. The summed E-state index contributed by atoms with van der Waals surface area (Å²) in [6.07, 6.45) is 0.789. The first kappa shape index (κ1) is 25.8. The fourth-order valence-corrected chi connectivity index (χ4v) is 9.13. The summed E-state index contributed by atoms with van der Waals surface area (Å²) in [5.74, 6) is 0. The van der Waals surface area contributed by atoms with Crippen LogP contribution in [0.4, 0.5) is 0 Å². The molecule has 5 rings (SSSR count). The van der Waals surface area contributed by atoms with Crippen LogP contribution in [0.15, 0.2) is 156 Å². The predicted octanol–water partition coefficient (Wildman–Crippen LogP) is 7.55. The lowest BCUT2D eigenvalue weighted by molar-refractivity contribution is 1.22. The monoisotopic (exact) mass is 531 g/mol. The van der Waals surface area contributed by atoms with Gasteiger partial charge in [0, 0.05) is 16.1 Å². The van der Waals surface area contributed by atoms with E-state index in [4.69, 9.17) is 21.8 Å². The third kappa shape index (κ3) is 5.68. The van der Waals surface area contributed by atoms with Crippen LogP contribution in [0.2, 0.25) is 5.02 Å². The third-order valence-corrected chi connectivity index (χ3v) is 11.3. The second-order valence-corrected chi connectivity index (χ2v) is 13.1. The molecule has 0 aromatic heterocycles. The molecule has 0 aliphatic heterocycles. The lowest BCUT2D eigenvalue weighted by Gasteiger charge is -2.27. The molecule has 0 aliphatic rings. The minimum absolute atomic E-state index is 0.698. The van der Waals surface area contributed by atoms with Crippen LogP contribution in [0.25, 0.3) is 0 Å². The Labute approximate surface area is 230 Å². The molecule has 0 fully saturated rings. The standard InChI is InChI=1S/C34H29ClN2P/c1-27(36-37-34(28-14-6-2-7-15-28)29-22-24-30(35)25-23-29)26-38(31-16-8-3-9-17-31,32-18-10-4-11-19-32)33-20-12-5-13-21-33/h2-25H,26H2,1H3/q+1/b36-27-,37-34+. The van der Waals surface area contributed by atoms with Crippen LogP contribution in [0.3, 0.4) is 0 Å². The number of benzene rings is 5. The zero-order chi connectivity index (χ0) is 26.2. The zero-order valence-electron chi connectivity index (χ0n) is 21.3. The van der Waals surface area contributed by atoms with Crippen molar-refractivity contribution in [1.82, 2.24) is 0 Å². The Kier molecular flexibility index (Phi) is 8.24. The third-order valence-electron chi connectivity index (χ3n) is 6.54. The summed E-state index contributed by atoms with van der Waals surface area (Å²) < 4.78 is 0. The van der Waals surface area contributed by atoms with Gasteiger partial charge in [0.05, 0.1) is 5.71 Å². The van der Waals surface area contributed by atoms with E-state index in [-0.39, 0.29) is 0 Å². The van der Waals surface area contributed by atoms with Gasteiger partial charge < -0.3 is 0 Å². The van der Waals surface area contributed by atoms with E-state index in [1.165, 1.54) is 15.9 Å². The average molecular weight is 532 g/mol. The summed E-state index contributed by atoms with van der Waals surface area (Å²) in [6.45, 7) is 2.09. The van der Waals surface area contributed by atoms with E-state index in [2.05, 4.69) is 110 Å². The van der Waals surface area contributed by atoms with Crippen LogP contribution in [0.5, 0.6) is 0 Å². The normalized spacial score (nSPS) is 12.4. The lowest BCUT2D eigenvalue weighted by Crippen LogP contribution is -2.35. The van der Waals surface area contributed by atoms with E-state index in [1.54, 1.807) is 0 Å². The minimum atomic E-state index is -2.04. The first-order valence-electron chi connectivity index (χ1n) is 12.6. The van der Waals surface area contributed by atoms with Crippen LogP contribution in [-0.2, 0) is 0 Å². The van der Waals surface area contributed by atoms with Gasteiger partial charge in [0.1, 0.15) is 35.0 Å². The minimum Gasteiger partial charge on any atom is -0.156 e. The summed E-state index contributed by atoms with van der Waals surface area (Å²) in [4.78, 5) is 0. The summed E-state index contributed by atoms with van der Waals surface area (Å²) in [5, 5.41) is 14.4. The van der Waals surface area contributed by atoms with Gasteiger partial charge in [0.2, 0.25) is 0 Å². The molecule has 0 atom stereocenters. The van der Waals surface area contributed by atoms with Crippen molar-refractivity contribution in [2.24, 2.45) is 10.2 Å². The molecular weight excluding hydrogens is 503 g/mol. The Morgan fingerprint density at radius 1 is 0.526 bits per heavy atom. The number of rotatable bonds is 8. The Balaban J connectivity index is 1.64. The fraction of sp³-hybridized carbons (Fsp3) is 0.0588. The largest absolute Gasteiger partial charge is 0.156 e. The van der Waals surface area contributed by atoms with E-state index in [9.17, 15) is 0 Å². The van der Waals surface area contributed by atoms with Gasteiger partial charge in [-0.2, -0.15) is 5.10 Å². The molecule has 2 nitrogen and oxygen atoms in total. The predicted molar refractivity (Wildman–Crippen MR) is 167 cm³/mol. The molecule has 0 N–H and O–H groups in total. The summed E-state index contributed by atoms with van der Waals surface area (Å²) in [7, 11) is -2.04. The van der Waals surface area contributed by atoms with Crippen molar-refractivity contribution in [2.45, 2.75) is 6.92 Å². The maximum absolute atomic E-state index is 6.17.